The number of nitrogens with zero attached hydrogens (tertiary/aromatic N) is 4. The fourth-order valence-electron chi connectivity index (χ4n) is 3.65. The maximum atomic E-state index is 13.0. The Morgan fingerprint density at radius 2 is 2.24 bits per heavy atom. The van der Waals surface area contributed by atoms with Crippen molar-refractivity contribution in [2.75, 3.05) is 26.3 Å². The first kappa shape index (κ1) is 17.3. The minimum atomic E-state index is -1.16. The maximum Gasteiger partial charge on any atom is 0.311 e. The molecule has 0 aromatic carbocycles. The normalized spacial score (nSPS) is 26.3. The standard InChI is InChI=1S/C15H20N4O6/c1-14(2,18-7-11(5-16-18)19(23)24)12(20)17-6-10-8-25-4-3-15(10,9-17)13(21)22/h5,7,10H,3-4,6,8-9H2,1-2H3,(H,21,22)/t10-,15+/m0/s1. The molecule has 3 heterocycles. The van der Waals surface area contributed by atoms with E-state index in [2.05, 4.69) is 5.10 Å². The van der Waals surface area contributed by atoms with Crippen LogP contribution in [0.1, 0.15) is 20.3 Å². The number of carboxylic acids is 1. The molecule has 2 saturated heterocycles. The number of amides is 1. The van der Waals surface area contributed by atoms with Gasteiger partial charge < -0.3 is 14.7 Å². The molecule has 1 N–H and O–H groups in total. The molecule has 0 saturated carbocycles. The van der Waals surface area contributed by atoms with Crippen molar-refractivity contribution in [3.05, 3.63) is 22.5 Å². The maximum absolute atomic E-state index is 13.0. The number of carbonyl (C=O) groups excluding carboxylic acids is 1. The summed E-state index contributed by atoms with van der Waals surface area (Å²) in [6.07, 6.45) is 2.66. The average molecular weight is 352 g/mol. The molecule has 2 fully saturated rings. The molecule has 1 amide bonds. The number of hydrogen-bond acceptors (Lipinski definition) is 6. The number of carbonyl (C=O) groups is 2. The van der Waals surface area contributed by atoms with Gasteiger partial charge in [-0.15, -0.1) is 0 Å². The molecule has 3 rings (SSSR count). The zero-order chi connectivity index (χ0) is 18.4. The summed E-state index contributed by atoms with van der Waals surface area (Å²) in [4.78, 5) is 36.6. The number of hydrogen-bond donors (Lipinski definition) is 1. The Morgan fingerprint density at radius 3 is 2.80 bits per heavy atom. The van der Waals surface area contributed by atoms with Crippen LogP contribution in [0.4, 0.5) is 5.69 Å². The summed E-state index contributed by atoms with van der Waals surface area (Å²) in [5.74, 6) is -1.49. The lowest BCUT2D eigenvalue weighted by Gasteiger charge is -2.34. The summed E-state index contributed by atoms with van der Waals surface area (Å²) in [6.45, 7) is 4.29. The summed E-state index contributed by atoms with van der Waals surface area (Å²) < 4.78 is 6.64. The number of aliphatic carboxylic acids is 1. The first-order chi connectivity index (χ1) is 11.7. The molecule has 2 aliphatic heterocycles. The summed E-state index contributed by atoms with van der Waals surface area (Å²) >= 11 is 0. The fourth-order valence-corrected chi connectivity index (χ4v) is 3.65. The molecule has 10 nitrogen and oxygen atoms in total. The van der Waals surface area contributed by atoms with Crippen LogP contribution in [0.2, 0.25) is 0 Å². The van der Waals surface area contributed by atoms with Crippen LogP contribution in [0.25, 0.3) is 0 Å². The molecule has 0 aliphatic carbocycles. The third kappa shape index (κ3) is 2.66. The third-order valence-corrected chi connectivity index (χ3v) is 5.30. The quantitative estimate of drug-likeness (QED) is 0.616. The topological polar surface area (TPSA) is 128 Å². The number of rotatable bonds is 4. The highest BCUT2D eigenvalue weighted by Crippen LogP contribution is 2.43. The molecule has 0 unspecified atom stereocenters. The number of ether oxygens (including phenoxy) is 1. The molecule has 1 aromatic rings. The molecule has 2 atom stereocenters. The monoisotopic (exact) mass is 352 g/mol. The van der Waals surface area contributed by atoms with Gasteiger partial charge in [0.05, 0.1) is 16.9 Å². The van der Waals surface area contributed by atoms with Gasteiger partial charge in [-0.2, -0.15) is 5.10 Å². The first-order valence-electron chi connectivity index (χ1n) is 7.98. The second kappa shape index (κ2) is 5.80. The Kier molecular flexibility index (Phi) is 4.02. The number of fused-ring (bicyclic) bond motifs is 1. The van der Waals surface area contributed by atoms with E-state index >= 15 is 0 Å². The van der Waals surface area contributed by atoms with Crippen LogP contribution in [0.3, 0.4) is 0 Å². The van der Waals surface area contributed by atoms with Crippen LogP contribution < -0.4 is 0 Å². The summed E-state index contributed by atoms with van der Waals surface area (Å²) in [6, 6.07) is 0. The highest BCUT2D eigenvalue weighted by atomic mass is 16.6. The number of likely N-dealkylation sites (tertiary alicyclic amines) is 1. The highest BCUT2D eigenvalue weighted by Gasteiger charge is 2.56. The second-order valence-electron chi connectivity index (χ2n) is 7.13. The van der Waals surface area contributed by atoms with Crippen LogP contribution in [0, 0.1) is 21.4 Å². The van der Waals surface area contributed by atoms with Gasteiger partial charge >= 0.3 is 11.7 Å². The largest absolute Gasteiger partial charge is 0.481 e. The minimum absolute atomic E-state index is 0.113. The van der Waals surface area contributed by atoms with E-state index in [9.17, 15) is 24.8 Å². The Hall–Kier alpha value is -2.49. The Labute approximate surface area is 143 Å². The smallest absolute Gasteiger partial charge is 0.311 e. The lowest BCUT2D eigenvalue weighted by molar-refractivity contribution is -0.385. The van der Waals surface area contributed by atoms with E-state index in [1.165, 1.54) is 15.8 Å². The molecule has 1 aromatic heterocycles. The van der Waals surface area contributed by atoms with Gasteiger partial charge in [0, 0.05) is 25.6 Å². The molecule has 2 aliphatic rings. The van der Waals surface area contributed by atoms with Gasteiger partial charge in [-0.3, -0.25) is 24.4 Å². The zero-order valence-corrected chi connectivity index (χ0v) is 14.0. The second-order valence-corrected chi connectivity index (χ2v) is 7.13. The predicted octanol–water partition coefficient (Wildman–Crippen LogP) is 0.476. The molecule has 25 heavy (non-hydrogen) atoms. The van der Waals surface area contributed by atoms with E-state index in [1.807, 2.05) is 0 Å². The van der Waals surface area contributed by atoms with Gasteiger partial charge in [-0.25, -0.2) is 0 Å². The Balaban J connectivity index is 1.85. The van der Waals surface area contributed by atoms with Crippen molar-refractivity contribution in [3.8, 4) is 0 Å². The van der Waals surface area contributed by atoms with E-state index in [0.29, 0.717) is 19.6 Å². The first-order valence-corrected chi connectivity index (χ1v) is 7.98. The van der Waals surface area contributed by atoms with E-state index in [1.54, 1.807) is 13.8 Å². The highest BCUT2D eigenvalue weighted by molar-refractivity contribution is 5.86. The molecule has 0 radical (unpaired) electrons. The van der Waals surface area contributed by atoms with E-state index in [-0.39, 0.29) is 30.6 Å². The van der Waals surface area contributed by atoms with Gasteiger partial charge in [0.2, 0.25) is 5.91 Å². The lowest BCUT2D eigenvalue weighted by Crippen LogP contribution is -2.48. The van der Waals surface area contributed by atoms with Gasteiger partial charge in [0.1, 0.15) is 17.9 Å². The van der Waals surface area contributed by atoms with Crippen molar-refractivity contribution in [3.63, 3.8) is 0 Å². The molecular weight excluding hydrogens is 332 g/mol. The summed E-state index contributed by atoms with van der Waals surface area (Å²) in [5.41, 5.74) is -2.35. The van der Waals surface area contributed by atoms with Crippen molar-refractivity contribution < 1.29 is 24.4 Å². The Morgan fingerprint density at radius 1 is 1.52 bits per heavy atom. The number of carboxylic acid groups (broad SMARTS) is 1. The number of nitro groups is 1. The van der Waals surface area contributed by atoms with Crippen molar-refractivity contribution in [2.45, 2.75) is 25.8 Å². The molecule has 10 heteroatoms. The zero-order valence-electron chi connectivity index (χ0n) is 14.0. The van der Waals surface area contributed by atoms with Crippen LogP contribution in [0.5, 0.6) is 0 Å². The van der Waals surface area contributed by atoms with Crippen LogP contribution in [-0.4, -0.2) is 62.9 Å². The van der Waals surface area contributed by atoms with Gasteiger partial charge in [-0.05, 0) is 20.3 Å². The predicted molar refractivity (Wildman–Crippen MR) is 83.8 cm³/mol. The van der Waals surface area contributed by atoms with E-state index in [0.717, 1.165) is 6.20 Å². The minimum Gasteiger partial charge on any atom is -0.481 e. The third-order valence-electron chi connectivity index (χ3n) is 5.30. The fraction of sp³-hybridized carbons (Fsp3) is 0.667. The van der Waals surface area contributed by atoms with Crippen LogP contribution >= 0.6 is 0 Å². The van der Waals surface area contributed by atoms with E-state index in [4.69, 9.17) is 4.74 Å². The van der Waals surface area contributed by atoms with Crippen LogP contribution in [-0.2, 0) is 19.9 Å². The molecular formula is C15H20N4O6. The lowest BCUT2D eigenvalue weighted by atomic mass is 9.74. The van der Waals surface area contributed by atoms with Crippen molar-refractivity contribution >= 4 is 17.6 Å². The van der Waals surface area contributed by atoms with E-state index < -0.39 is 21.8 Å². The van der Waals surface area contributed by atoms with Gasteiger partial charge in [0.25, 0.3) is 0 Å². The van der Waals surface area contributed by atoms with Gasteiger partial charge in [0.15, 0.2) is 0 Å². The SMILES string of the molecule is CC(C)(C(=O)N1C[C@H]2COCC[C@@]2(C(=O)O)C1)n1cc([N+](=O)[O-])cn1. The molecule has 136 valence electrons. The molecule has 0 bridgehead atoms. The van der Waals surface area contributed by atoms with Crippen molar-refractivity contribution in [1.29, 1.82) is 0 Å². The van der Waals surface area contributed by atoms with Gasteiger partial charge in [-0.1, -0.05) is 0 Å². The van der Waals surface area contributed by atoms with Crippen LogP contribution in [0.15, 0.2) is 12.4 Å². The summed E-state index contributed by atoms with van der Waals surface area (Å²) in [7, 11) is 0. The molecule has 0 spiro atoms. The average Bonchev–Trinajstić information content (AvgIpc) is 3.19. The van der Waals surface area contributed by atoms with Crippen molar-refractivity contribution in [2.24, 2.45) is 11.3 Å². The summed E-state index contributed by atoms with van der Waals surface area (Å²) in [5, 5.41) is 24.5. The Bertz CT molecular complexity index is 729. The number of aromatic nitrogens is 2. The van der Waals surface area contributed by atoms with Crippen molar-refractivity contribution in [1.82, 2.24) is 14.7 Å².